The fourth-order valence-corrected chi connectivity index (χ4v) is 3.20. The van der Waals surface area contributed by atoms with Crippen LogP contribution in [0.25, 0.3) is 22.0 Å². The highest BCUT2D eigenvalue weighted by atomic mass is 19.4. The van der Waals surface area contributed by atoms with Crippen molar-refractivity contribution in [2.24, 2.45) is 7.05 Å². The van der Waals surface area contributed by atoms with Crippen molar-refractivity contribution in [3.05, 3.63) is 63.7 Å². The minimum absolute atomic E-state index is 0.0719. The van der Waals surface area contributed by atoms with E-state index in [9.17, 15) is 22.8 Å². The van der Waals surface area contributed by atoms with E-state index >= 15 is 0 Å². The van der Waals surface area contributed by atoms with E-state index in [1.54, 1.807) is 18.2 Å². The van der Waals surface area contributed by atoms with Gasteiger partial charge in [-0.05, 0) is 31.0 Å². The van der Waals surface area contributed by atoms with Crippen LogP contribution in [0.5, 0.6) is 0 Å². The summed E-state index contributed by atoms with van der Waals surface area (Å²) >= 11 is 0. The maximum Gasteiger partial charge on any atom is 0.417 e. The van der Waals surface area contributed by atoms with Crippen molar-refractivity contribution >= 4 is 16.9 Å². The van der Waals surface area contributed by atoms with Gasteiger partial charge in [0.25, 0.3) is 5.56 Å². The van der Waals surface area contributed by atoms with Crippen molar-refractivity contribution < 1.29 is 23.1 Å². The molecule has 0 radical (unpaired) electrons. The van der Waals surface area contributed by atoms with Crippen LogP contribution in [0.2, 0.25) is 0 Å². The summed E-state index contributed by atoms with van der Waals surface area (Å²) < 4.78 is 42.2. The molecule has 0 fully saturated rings. The fraction of sp³-hybridized carbons (Fsp3) is 0.250. The van der Waals surface area contributed by atoms with Gasteiger partial charge < -0.3 is 9.67 Å². The molecule has 0 bridgehead atoms. The molecule has 2 aromatic heterocycles. The van der Waals surface area contributed by atoms with E-state index in [4.69, 9.17) is 5.11 Å². The third-order valence-electron chi connectivity index (χ3n) is 4.71. The SMILES string of the molecule is Cc1cc(C(F)(F)F)c(-c2ccc(CCC(=O)O)c3cccnc23)c(=O)n1C. The molecular formula is C20H17F3N2O3. The minimum Gasteiger partial charge on any atom is -0.481 e. The molecule has 5 nitrogen and oxygen atoms in total. The number of carboxylic acid groups (broad SMARTS) is 1. The molecule has 0 aliphatic heterocycles. The fourth-order valence-electron chi connectivity index (χ4n) is 3.20. The van der Waals surface area contributed by atoms with Crippen LogP contribution in [0.15, 0.2) is 41.3 Å². The molecular weight excluding hydrogens is 373 g/mol. The number of aryl methyl sites for hydroxylation is 2. The summed E-state index contributed by atoms with van der Waals surface area (Å²) in [6.45, 7) is 1.44. The van der Waals surface area contributed by atoms with Gasteiger partial charge in [0, 0.05) is 36.3 Å². The van der Waals surface area contributed by atoms with Crippen molar-refractivity contribution in [1.82, 2.24) is 9.55 Å². The third kappa shape index (κ3) is 3.49. The monoisotopic (exact) mass is 390 g/mol. The van der Waals surface area contributed by atoms with E-state index in [1.807, 2.05) is 0 Å². The van der Waals surface area contributed by atoms with Gasteiger partial charge >= 0.3 is 12.1 Å². The molecule has 0 amide bonds. The quantitative estimate of drug-likeness (QED) is 0.732. The zero-order chi connectivity index (χ0) is 20.6. The van der Waals surface area contributed by atoms with Crippen LogP contribution in [0.1, 0.15) is 23.2 Å². The molecule has 3 rings (SSSR count). The van der Waals surface area contributed by atoms with Gasteiger partial charge in [0.15, 0.2) is 0 Å². The largest absolute Gasteiger partial charge is 0.481 e. The molecule has 0 aliphatic carbocycles. The first kappa shape index (κ1) is 19.6. The molecule has 0 aliphatic rings. The van der Waals surface area contributed by atoms with Crippen LogP contribution < -0.4 is 5.56 Å². The summed E-state index contributed by atoms with van der Waals surface area (Å²) in [5.74, 6) is -0.979. The highest BCUT2D eigenvalue weighted by Crippen LogP contribution is 2.38. The van der Waals surface area contributed by atoms with Gasteiger partial charge in [-0.25, -0.2) is 0 Å². The Balaban J connectivity index is 2.35. The number of carbonyl (C=O) groups is 1. The number of aliphatic carboxylic acids is 1. The van der Waals surface area contributed by atoms with Gasteiger partial charge in [0.05, 0.1) is 16.6 Å². The topological polar surface area (TPSA) is 72.2 Å². The second-order valence-electron chi connectivity index (χ2n) is 6.50. The second-order valence-corrected chi connectivity index (χ2v) is 6.50. The highest BCUT2D eigenvalue weighted by Gasteiger charge is 2.36. The summed E-state index contributed by atoms with van der Waals surface area (Å²) in [6, 6.07) is 7.20. The first-order chi connectivity index (χ1) is 13.1. The van der Waals surface area contributed by atoms with Crippen LogP contribution in [0, 0.1) is 6.92 Å². The zero-order valence-electron chi connectivity index (χ0n) is 15.2. The molecule has 1 N–H and O–H groups in total. The molecule has 3 aromatic rings. The third-order valence-corrected chi connectivity index (χ3v) is 4.71. The first-order valence-electron chi connectivity index (χ1n) is 8.48. The molecule has 0 atom stereocenters. The van der Waals surface area contributed by atoms with Crippen LogP contribution in [-0.2, 0) is 24.4 Å². The van der Waals surface area contributed by atoms with E-state index in [2.05, 4.69) is 4.98 Å². The number of pyridine rings is 2. The maximum atomic E-state index is 13.7. The Morgan fingerprint density at radius 2 is 1.96 bits per heavy atom. The number of fused-ring (bicyclic) bond motifs is 1. The predicted molar refractivity (Wildman–Crippen MR) is 98.1 cm³/mol. The lowest BCUT2D eigenvalue weighted by atomic mass is 9.94. The van der Waals surface area contributed by atoms with E-state index < -0.39 is 28.8 Å². The summed E-state index contributed by atoms with van der Waals surface area (Å²) in [7, 11) is 1.41. The van der Waals surface area contributed by atoms with Gasteiger partial charge in [-0.3, -0.25) is 14.6 Å². The standard InChI is InChI=1S/C20H17F3N2O3/c1-11-10-15(20(21,22)23)17(19(28)25(11)2)14-7-5-12(6-8-16(26)27)13-4-3-9-24-18(13)14/h3-5,7,9-10H,6,8H2,1-2H3,(H,26,27). The highest BCUT2D eigenvalue weighted by molar-refractivity contribution is 5.96. The number of nitrogens with zero attached hydrogens (tertiary/aromatic N) is 2. The van der Waals surface area contributed by atoms with Crippen molar-refractivity contribution in [2.75, 3.05) is 0 Å². The summed E-state index contributed by atoms with van der Waals surface area (Å²) in [4.78, 5) is 27.8. The van der Waals surface area contributed by atoms with Crippen molar-refractivity contribution in [3.63, 3.8) is 0 Å². The second kappa shape index (κ2) is 7.10. The number of benzene rings is 1. The van der Waals surface area contributed by atoms with E-state index in [0.717, 1.165) is 10.6 Å². The van der Waals surface area contributed by atoms with Crippen LogP contribution >= 0.6 is 0 Å². The Bertz CT molecular complexity index is 1130. The van der Waals surface area contributed by atoms with Gasteiger partial charge in [-0.15, -0.1) is 0 Å². The molecule has 0 saturated heterocycles. The molecule has 146 valence electrons. The molecule has 0 unspecified atom stereocenters. The molecule has 2 heterocycles. The maximum absolute atomic E-state index is 13.7. The Morgan fingerprint density at radius 1 is 1.25 bits per heavy atom. The summed E-state index contributed by atoms with van der Waals surface area (Å²) in [5, 5.41) is 9.44. The molecule has 28 heavy (non-hydrogen) atoms. The number of aromatic nitrogens is 2. The molecule has 1 aromatic carbocycles. The number of hydrogen-bond donors (Lipinski definition) is 1. The van der Waals surface area contributed by atoms with Crippen molar-refractivity contribution in [2.45, 2.75) is 25.9 Å². The molecule has 0 saturated carbocycles. The van der Waals surface area contributed by atoms with Crippen molar-refractivity contribution in [3.8, 4) is 11.1 Å². The molecule has 8 heteroatoms. The number of halogens is 3. The van der Waals surface area contributed by atoms with E-state index in [1.165, 1.54) is 26.2 Å². The molecule has 0 spiro atoms. The summed E-state index contributed by atoms with van der Waals surface area (Å²) in [5.41, 5.74) is -1.10. The Morgan fingerprint density at radius 3 is 2.61 bits per heavy atom. The lowest BCUT2D eigenvalue weighted by Gasteiger charge is -2.17. The van der Waals surface area contributed by atoms with E-state index in [-0.39, 0.29) is 29.6 Å². The van der Waals surface area contributed by atoms with Gasteiger partial charge in [0.1, 0.15) is 0 Å². The first-order valence-corrected chi connectivity index (χ1v) is 8.48. The smallest absolute Gasteiger partial charge is 0.417 e. The predicted octanol–water partition coefficient (Wildman–Crippen LogP) is 3.94. The normalized spacial score (nSPS) is 11.8. The number of hydrogen-bond acceptors (Lipinski definition) is 3. The van der Waals surface area contributed by atoms with Gasteiger partial charge in [-0.2, -0.15) is 13.2 Å². The lowest BCUT2D eigenvalue weighted by Crippen LogP contribution is -2.25. The Labute approximate surface area is 158 Å². The lowest BCUT2D eigenvalue weighted by molar-refractivity contribution is -0.138. The van der Waals surface area contributed by atoms with Crippen molar-refractivity contribution in [1.29, 1.82) is 0 Å². The summed E-state index contributed by atoms with van der Waals surface area (Å²) in [6.07, 6.45) is -3.20. The minimum atomic E-state index is -4.71. The van der Waals surface area contributed by atoms with Crippen LogP contribution in [0.3, 0.4) is 0 Å². The van der Waals surface area contributed by atoms with Gasteiger partial charge in [0.2, 0.25) is 0 Å². The number of rotatable bonds is 4. The van der Waals surface area contributed by atoms with Gasteiger partial charge in [-0.1, -0.05) is 18.2 Å². The average molecular weight is 390 g/mol. The number of alkyl halides is 3. The van der Waals surface area contributed by atoms with Crippen LogP contribution in [-0.4, -0.2) is 20.6 Å². The van der Waals surface area contributed by atoms with E-state index in [0.29, 0.717) is 10.9 Å². The zero-order valence-corrected chi connectivity index (χ0v) is 15.2. The average Bonchev–Trinajstić information content (AvgIpc) is 2.63. The Kier molecular flexibility index (Phi) is 4.97. The van der Waals surface area contributed by atoms with Crippen LogP contribution in [0.4, 0.5) is 13.2 Å². The number of carboxylic acids is 1. The Hall–Kier alpha value is -3.16.